The molecular weight excluding hydrogens is 296 g/mol. The van der Waals surface area contributed by atoms with Gasteiger partial charge in [0.05, 0.1) is 0 Å². The third-order valence-electron chi connectivity index (χ3n) is 3.56. The summed E-state index contributed by atoms with van der Waals surface area (Å²) in [6, 6.07) is 0. The zero-order valence-corrected chi connectivity index (χ0v) is 15.6. The fourth-order valence-corrected chi connectivity index (χ4v) is 4.43. The van der Waals surface area contributed by atoms with Gasteiger partial charge in [0.1, 0.15) is 0 Å². The summed E-state index contributed by atoms with van der Waals surface area (Å²) >= 11 is 1.19. The first kappa shape index (κ1) is 16.8. The van der Waals surface area contributed by atoms with Gasteiger partial charge in [-0.1, -0.05) is 0 Å². The van der Waals surface area contributed by atoms with Crippen molar-refractivity contribution in [1.82, 2.24) is 0 Å². The summed E-state index contributed by atoms with van der Waals surface area (Å²) in [4.78, 5) is 0. The Hall–Kier alpha value is -0.521. The summed E-state index contributed by atoms with van der Waals surface area (Å²) < 4.78 is 3.32. The van der Waals surface area contributed by atoms with Crippen molar-refractivity contribution in [3.63, 3.8) is 0 Å². The van der Waals surface area contributed by atoms with Crippen molar-refractivity contribution < 1.29 is 15.0 Å². The quantitative estimate of drug-likeness (QED) is 0.527. The maximum atomic E-state index is 2.37. The molecule has 0 fully saturated rings. The summed E-state index contributed by atoms with van der Waals surface area (Å²) in [6.07, 6.45) is 14.2. The van der Waals surface area contributed by atoms with Gasteiger partial charge in [-0.2, -0.15) is 0 Å². The van der Waals surface area contributed by atoms with E-state index in [-0.39, 0.29) is 0 Å². The number of rotatable bonds is 4. The van der Waals surface area contributed by atoms with Gasteiger partial charge in [-0.05, 0) is 0 Å². The first-order valence-electron chi connectivity index (χ1n) is 8.04. The van der Waals surface area contributed by atoms with E-state index in [1.807, 2.05) is 0 Å². The molecule has 0 aromatic rings. The molecule has 0 aromatic carbocycles. The molecule has 2 aliphatic rings. The average molecular weight is 326 g/mol. The van der Waals surface area contributed by atoms with E-state index in [1.54, 1.807) is 20.1 Å². The molecule has 0 amide bonds. The predicted molar refractivity (Wildman–Crippen MR) is 89.7 cm³/mol. The van der Waals surface area contributed by atoms with Crippen LogP contribution in [0.5, 0.6) is 0 Å². The monoisotopic (exact) mass is 326 g/mol. The van der Waals surface area contributed by atoms with Gasteiger partial charge >= 0.3 is 137 Å². The molecule has 118 valence electrons. The van der Waals surface area contributed by atoms with Crippen LogP contribution in [0, 0.1) is 10.8 Å². The molecular formula is C20H30Fe. The number of hydrogen-bond acceptors (Lipinski definition) is 0. The maximum absolute atomic E-state index is 2.37. The molecule has 2 rings (SSSR count). The van der Waals surface area contributed by atoms with Crippen molar-refractivity contribution in [2.45, 2.75) is 67.2 Å². The summed E-state index contributed by atoms with van der Waals surface area (Å²) in [6.45, 7) is 14.0. The van der Waals surface area contributed by atoms with E-state index in [1.165, 1.54) is 27.8 Å². The first-order valence-corrected chi connectivity index (χ1v) is 9.14. The molecule has 1 heteroatoms. The zero-order chi connectivity index (χ0) is 15.7. The Kier molecular flexibility index (Phi) is 5.06. The Morgan fingerprint density at radius 3 is 1.48 bits per heavy atom. The van der Waals surface area contributed by atoms with Gasteiger partial charge in [0.2, 0.25) is 0 Å². The Morgan fingerprint density at radius 1 is 0.762 bits per heavy atom. The number of allylic oxidation sites excluding steroid dienone is 8. The van der Waals surface area contributed by atoms with Gasteiger partial charge in [-0.3, -0.25) is 0 Å². The molecule has 0 saturated carbocycles. The van der Waals surface area contributed by atoms with Gasteiger partial charge in [-0.15, -0.1) is 0 Å². The van der Waals surface area contributed by atoms with Crippen LogP contribution in [0.1, 0.15) is 67.2 Å². The molecule has 0 atom stereocenters. The van der Waals surface area contributed by atoms with Crippen LogP contribution in [0.2, 0.25) is 0 Å². The first-order chi connectivity index (χ1) is 9.64. The Bertz CT molecular complexity index is 465. The molecule has 0 unspecified atom stereocenters. The minimum absolute atomic E-state index is 0.381. The summed E-state index contributed by atoms with van der Waals surface area (Å²) in [5.74, 6) is 0. The Morgan fingerprint density at radius 2 is 1.14 bits per heavy atom. The van der Waals surface area contributed by atoms with Crippen molar-refractivity contribution >= 4 is 0 Å². The van der Waals surface area contributed by atoms with Crippen LogP contribution >= 0.6 is 0 Å². The zero-order valence-electron chi connectivity index (χ0n) is 14.5. The molecule has 0 heterocycles. The van der Waals surface area contributed by atoms with Crippen molar-refractivity contribution in [3.8, 4) is 0 Å². The second-order valence-corrected chi connectivity index (χ2v) is 10.2. The summed E-state index contributed by atoms with van der Waals surface area (Å²) in [5, 5.41) is 0. The van der Waals surface area contributed by atoms with Crippen molar-refractivity contribution in [1.29, 1.82) is 0 Å². The van der Waals surface area contributed by atoms with Gasteiger partial charge in [0, 0.05) is 0 Å². The molecule has 0 aromatic heterocycles. The van der Waals surface area contributed by atoms with Gasteiger partial charge in [0.25, 0.3) is 0 Å². The summed E-state index contributed by atoms with van der Waals surface area (Å²) in [7, 11) is 0. The third-order valence-corrected chi connectivity index (χ3v) is 5.38. The van der Waals surface area contributed by atoms with E-state index in [0.29, 0.717) is 10.8 Å². The second kappa shape index (κ2) is 6.31. The van der Waals surface area contributed by atoms with Crippen LogP contribution in [0.25, 0.3) is 0 Å². The van der Waals surface area contributed by atoms with E-state index in [4.69, 9.17) is 0 Å². The molecule has 0 nitrogen and oxygen atoms in total. The molecule has 0 saturated heterocycles. The Balaban J connectivity index is 2.13. The predicted octanol–water partition coefficient (Wildman–Crippen LogP) is 6.37. The van der Waals surface area contributed by atoms with Crippen LogP contribution in [0.15, 0.2) is 44.4 Å². The number of hydrogen-bond donors (Lipinski definition) is 0. The fraction of sp³-hybridized carbons (Fsp3) is 0.600. The molecule has 0 N–H and O–H groups in total. The van der Waals surface area contributed by atoms with Crippen LogP contribution in [0.4, 0.5) is 0 Å². The van der Waals surface area contributed by atoms with E-state index in [2.05, 4.69) is 65.8 Å². The molecule has 2 aliphatic carbocycles. The molecule has 0 radical (unpaired) electrons. The minimum atomic E-state index is 0.381. The second-order valence-electron chi connectivity index (χ2n) is 8.61. The molecule has 0 spiro atoms. The SMILES string of the molecule is CC(C)(C)CC1=[C]([Fe][C]2=C(CC(C)(C)C)C=CC2)CC=C1. The van der Waals surface area contributed by atoms with Crippen LogP contribution in [0.3, 0.4) is 0 Å². The molecule has 21 heavy (non-hydrogen) atoms. The van der Waals surface area contributed by atoms with E-state index >= 15 is 0 Å². The van der Waals surface area contributed by atoms with Crippen molar-refractivity contribution in [2.24, 2.45) is 10.8 Å². The normalized spacial score (nSPS) is 19.5. The van der Waals surface area contributed by atoms with Gasteiger partial charge in [0.15, 0.2) is 0 Å². The van der Waals surface area contributed by atoms with Gasteiger partial charge in [-0.25, -0.2) is 0 Å². The van der Waals surface area contributed by atoms with Crippen LogP contribution < -0.4 is 0 Å². The third kappa shape index (κ3) is 5.31. The topological polar surface area (TPSA) is 0 Å². The van der Waals surface area contributed by atoms with Gasteiger partial charge < -0.3 is 0 Å². The van der Waals surface area contributed by atoms with E-state index in [9.17, 15) is 0 Å². The van der Waals surface area contributed by atoms with Crippen LogP contribution in [-0.4, -0.2) is 0 Å². The molecule has 0 aliphatic heterocycles. The van der Waals surface area contributed by atoms with Crippen molar-refractivity contribution in [2.75, 3.05) is 0 Å². The van der Waals surface area contributed by atoms with Crippen LogP contribution in [-0.2, 0) is 15.0 Å². The fourth-order valence-electron chi connectivity index (χ4n) is 2.81. The molecule has 0 bridgehead atoms. The van der Waals surface area contributed by atoms with E-state index in [0.717, 1.165) is 12.8 Å². The average Bonchev–Trinajstić information content (AvgIpc) is 2.86. The summed E-state index contributed by atoms with van der Waals surface area (Å²) in [5.41, 5.74) is 3.95. The standard InChI is InChI=1S/2C10H15.Fe/c2*1-10(2,3)8-9-6-4-5-7-9;/h2*4,6H,5,8H2,1-3H3;. The Labute approximate surface area is 137 Å². The van der Waals surface area contributed by atoms with Crippen molar-refractivity contribution in [3.05, 3.63) is 44.4 Å². The van der Waals surface area contributed by atoms with E-state index < -0.39 is 0 Å².